The van der Waals surface area contributed by atoms with Gasteiger partial charge in [-0.05, 0) is 25.7 Å². The van der Waals surface area contributed by atoms with Gasteiger partial charge in [-0.3, -0.25) is 19.6 Å². The van der Waals surface area contributed by atoms with Crippen LogP contribution in [0.4, 0.5) is 0 Å². The second-order valence-corrected chi connectivity index (χ2v) is 8.92. The lowest BCUT2D eigenvalue weighted by Gasteiger charge is -2.36. The zero-order chi connectivity index (χ0) is 21.4. The molecule has 0 unspecified atom stereocenters. The van der Waals surface area contributed by atoms with Crippen LogP contribution in [0.15, 0.2) is 10.9 Å². The van der Waals surface area contributed by atoms with Gasteiger partial charge in [0.05, 0.1) is 11.3 Å². The number of H-pyrrole nitrogens is 1. The monoisotopic (exact) mass is 429 g/mol. The Labute approximate surface area is 181 Å². The van der Waals surface area contributed by atoms with Crippen molar-refractivity contribution in [3.05, 3.63) is 33.4 Å². The Kier molecular flexibility index (Phi) is 5.81. The molecule has 2 saturated heterocycles. The van der Waals surface area contributed by atoms with Gasteiger partial charge in [0.25, 0.3) is 5.56 Å². The lowest BCUT2D eigenvalue weighted by Crippen LogP contribution is -2.44. The van der Waals surface area contributed by atoms with E-state index in [1.165, 1.54) is 0 Å². The molecule has 0 aromatic carbocycles. The number of piperidine rings is 1. The molecule has 3 aliphatic heterocycles. The first-order valence-corrected chi connectivity index (χ1v) is 11.4. The van der Waals surface area contributed by atoms with Crippen LogP contribution in [-0.2, 0) is 27.2 Å². The number of methoxy groups -OCH3 is 1. The normalized spacial score (nSPS) is 23.3. The molecule has 2 fully saturated rings. The van der Waals surface area contributed by atoms with E-state index in [1.807, 2.05) is 11.0 Å². The summed E-state index contributed by atoms with van der Waals surface area (Å²) >= 11 is 0. The fourth-order valence-electron chi connectivity index (χ4n) is 5.26. The molecule has 5 rings (SSSR count). The van der Waals surface area contributed by atoms with Gasteiger partial charge in [0, 0.05) is 76.6 Å². The summed E-state index contributed by atoms with van der Waals surface area (Å²) in [6.07, 6.45) is 4.78. The highest BCUT2D eigenvalue weighted by Gasteiger charge is 2.30. The highest BCUT2D eigenvalue weighted by molar-refractivity contribution is 5.77. The molecule has 1 amide bonds. The second kappa shape index (κ2) is 8.72. The molecular weight excluding hydrogens is 398 g/mol. The molecule has 1 N–H and O–H groups in total. The van der Waals surface area contributed by atoms with Crippen LogP contribution in [0.3, 0.4) is 0 Å². The summed E-state index contributed by atoms with van der Waals surface area (Å²) in [5, 5.41) is 3.30. The molecule has 0 aliphatic carbocycles. The van der Waals surface area contributed by atoms with Crippen molar-refractivity contribution in [2.24, 2.45) is 0 Å². The van der Waals surface area contributed by atoms with Gasteiger partial charge < -0.3 is 14.4 Å². The molecular formula is C22H31N5O4. The molecule has 168 valence electrons. The number of aromatic amines is 1. The van der Waals surface area contributed by atoms with Crippen molar-refractivity contribution in [2.45, 2.75) is 50.6 Å². The molecule has 31 heavy (non-hydrogen) atoms. The van der Waals surface area contributed by atoms with E-state index in [1.54, 1.807) is 11.6 Å². The third kappa shape index (κ3) is 4.02. The molecule has 9 nitrogen and oxygen atoms in total. The number of ether oxygens (including phenoxy) is 2. The van der Waals surface area contributed by atoms with Crippen LogP contribution in [0, 0.1) is 0 Å². The zero-order valence-electron chi connectivity index (χ0n) is 18.1. The maximum atomic E-state index is 13.3. The Morgan fingerprint density at radius 1 is 1.29 bits per heavy atom. The van der Waals surface area contributed by atoms with Crippen LogP contribution < -0.4 is 5.56 Å². The van der Waals surface area contributed by atoms with Crippen LogP contribution in [0.2, 0.25) is 0 Å². The van der Waals surface area contributed by atoms with Crippen LogP contribution in [0.25, 0.3) is 5.65 Å². The maximum Gasteiger partial charge on any atom is 0.277 e. The number of aromatic nitrogens is 3. The summed E-state index contributed by atoms with van der Waals surface area (Å²) < 4.78 is 12.1. The number of carbonyl (C=O) groups is 1. The number of amides is 1. The standard InChI is InChI=1S/C22H31N5O4/c1-30-14-21(28)26-7-2-3-15(12-26)19-11-20-23-18-4-8-25(16-5-9-31-10-6-16)13-17(18)22(29)27(20)24-19/h11,15-16,24H,2-10,12-14H2,1H3/t15-/m1/s1. The number of fused-ring (bicyclic) bond motifs is 2. The highest BCUT2D eigenvalue weighted by atomic mass is 16.5. The first-order chi connectivity index (χ1) is 15.1. The Morgan fingerprint density at radius 2 is 2.13 bits per heavy atom. The van der Waals surface area contributed by atoms with Crippen molar-refractivity contribution < 1.29 is 14.3 Å². The number of nitrogens with one attached hydrogen (secondary N) is 1. The van der Waals surface area contributed by atoms with Gasteiger partial charge in [-0.1, -0.05) is 0 Å². The van der Waals surface area contributed by atoms with Gasteiger partial charge in [-0.2, -0.15) is 0 Å². The predicted molar refractivity (Wildman–Crippen MR) is 114 cm³/mol. The number of likely N-dealkylation sites (tertiary alicyclic amines) is 1. The van der Waals surface area contributed by atoms with Crippen molar-refractivity contribution in [3.63, 3.8) is 0 Å². The van der Waals surface area contributed by atoms with Crippen molar-refractivity contribution >= 4 is 11.6 Å². The smallest absolute Gasteiger partial charge is 0.277 e. The molecule has 9 heteroatoms. The molecule has 3 aliphatic rings. The minimum absolute atomic E-state index is 0.00568. The minimum Gasteiger partial charge on any atom is -0.381 e. The SMILES string of the molecule is COCC(=O)N1CCC[C@@H](c2cc3nc4c(c(=O)n3[nH]2)CN(C2CCOCC2)CC4)C1. The Hall–Kier alpha value is -2.23. The third-order valence-electron chi connectivity index (χ3n) is 7.00. The van der Waals surface area contributed by atoms with E-state index in [4.69, 9.17) is 14.5 Å². The third-order valence-corrected chi connectivity index (χ3v) is 7.00. The minimum atomic E-state index is 0.00568. The van der Waals surface area contributed by atoms with Crippen molar-refractivity contribution in [1.82, 2.24) is 24.4 Å². The summed E-state index contributed by atoms with van der Waals surface area (Å²) in [4.78, 5) is 34.7. The summed E-state index contributed by atoms with van der Waals surface area (Å²) in [5.41, 5.74) is 3.40. The van der Waals surface area contributed by atoms with Crippen molar-refractivity contribution in [2.75, 3.05) is 46.6 Å². The predicted octanol–water partition coefficient (Wildman–Crippen LogP) is 0.912. The van der Waals surface area contributed by atoms with Crippen LogP contribution in [-0.4, -0.2) is 82.9 Å². The molecule has 1 atom stereocenters. The number of hydrogen-bond donors (Lipinski definition) is 1. The van der Waals surface area contributed by atoms with E-state index >= 15 is 0 Å². The molecule has 2 aromatic rings. The van der Waals surface area contributed by atoms with E-state index in [9.17, 15) is 9.59 Å². The first-order valence-electron chi connectivity index (χ1n) is 11.4. The Balaban J connectivity index is 1.39. The number of rotatable bonds is 4. The van der Waals surface area contributed by atoms with Gasteiger partial charge >= 0.3 is 0 Å². The molecule has 0 spiro atoms. The fourth-order valence-corrected chi connectivity index (χ4v) is 5.26. The van der Waals surface area contributed by atoms with E-state index in [0.717, 1.165) is 75.4 Å². The van der Waals surface area contributed by atoms with Crippen LogP contribution in [0.1, 0.15) is 48.6 Å². The summed E-state index contributed by atoms with van der Waals surface area (Å²) in [6.45, 7) is 4.71. The van der Waals surface area contributed by atoms with E-state index in [2.05, 4.69) is 10.00 Å². The fraction of sp³-hybridized carbons (Fsp3) is 0.682. The zero-order valence-corrected chi connectivity index (χ0v) is 18.1. The van der Waals surface area contributed by atoms with E-state index in [-0.39, 0.29) is 24.0 Å². The highest BCUT2D eigenvalue weighted by Crippen LogP contribution is 2.27. The molecule has 0 radical (unpaired) electrons. The van der Waals surface area contributed by atoms with Gasteiger partial charge in [-0.25, -0.2) is 9.50 Å². The summed E-state index contributed by atoms with van der Waals surface area (Å²) in [6, 6.07) is 2.47. The average Bonchev–Trinajstić information content (AvgIpc) is 3.24. The van der Waals surface area contributed by atoms with Gasteiger partial charge in [0.1, 0.15) is 6.61 Å². The van der Waals surface area contributed by atoms with Gasteiger partial charge in [0.15, 0.2) is 5.65 Å². The topological polar surface area (TPSA) is 92.2 Å². The lowest BCUT2D eigenvalue weighted by atomic mass is 9.95. The molecule has 2 aromatic heterocycles. The number of hydrogen-bond acceptors (Lipinski definition) is 6. The number of nitrogens with zero attached hydrogens (tertiary/aromatic N) is 4. The van der Waals surface area contributed by atoms with E-state index < -0.39 is 0 Å². The molecule has 5 heterocycles. The largest absolute Gasteiger partial charge is 0.381 e. The second-order valence-electron chi connectivity index (χ2n) is 8.92. The Bertz CT molecular complexity index is 1010. The van der Waals surface area contributed by atoms with Gasteiger partial charge in [0.2, 0.25) is 5.91 Å². The number of carbonyl (C=O) groups excluding carboxylic acids is 1. The maximum absolute atomic E-state index is 13.3. The van der Waals surface area contributed by atoms with E-state index in [0.29, 0.717) is 24.8 Å². The quantitative estimate of drug-likeness (QED) is 0.777. The molecule has 0 saturated carbocycles. The lowest BCUT2D eigenvalue weighted by molar-refractivity contribution is -0.136. The summed E-state index contributed by atoms with van der Waals surface area (Å²) in [7, 11) is 1.54. The van der Waals surface area contributed by atoms with Crippen LogP contribution >= 0.6 is 0 Å². The average molecular weight is 430 g/mol. The Morgan fingerprint density at radius 3 is 2.94 bits per heavy atom. The van der Waals surface area contributed by atoms with Crippen LogP contribution in [0.5, 0.6) is 0 Å². The first kappa shape index (κ1) is 20.7. The van der Waals surface area contributed by atoms with Crippen molar-refractivity contribution in [3.8, 4) is 0 Å². The van der Waals surface area contributed by atoms with Gasteiger partial charge in [-0.15, -0.1) is 0 Å². The summed E-state index contributed by atoms with van der Waals surface area (Å²) in [5.74, 6) is 0.189. The molecule has 0 bridgehead atoms. The van der Waals surface area contributed by atoms with Crippen molar-refractivity contribution in [1.29, 1.82) is 0 Å².